The number of benzene rings is 2. The van der Waals surface area contributed by atoms with Crippen LogP contribution in [0.5, 0.6) is 0 Å². The second kappa shape index (κ2) is 8.57. The van der Waals surface area contributed by atoms with Gasteiger partial charge in [0, 0.05) is 30.0 Å². The summed E-state index contributed by atoms with van der Waals surface area (Å²) in [6.07, 6.45) is 6.57. The van der Waals surface area contributed by atoms with Crippen molar-refractivity contribution >= 4 is 17.3 Å². The van der Waals surface area contributed by atoms with Crippen LogP contribution in [0.1, 0.15) is 53.9 Å². The molecule has 2 aromatic carbocycles. The van der Waals surface area contributed by atoms with Crippen molar-refractivity contribution in [1.29, 1.82) is 0 Å². The Hall–Kier alpha value is -2.33. The minimum atomic E-state index is -0.0516. The predicted octanol–water partition coefficient (Wildman–Crippen LogP) is 4.82. The van der Waals surface area contributed by atoms with E-state index in [1.54, 1.807) is 0 Å². The molecule has 142 valence electrons. The van der Waals surface area contributed by atoms with E-state index in [1.807, 2.05) is 24.3 Å². The van der Waals surface area contributed by atoms with Crippen LogP contribution in [-0.4, -0.2) is 32.2 Å². The van der Waals surface area contributed by atoms with Crippen molar-refractivity contribution in [2.75, 3.05) is 36.5 Å². The van der Waals surface area contributed by atoms with Crippen molar-refractivity contribution in [3.8, 4) is 0 Å². The molecular weight excluding hydrogens is 336 g/mol. The van der Waals surface area contributed by atoms with Crippen molar-refractivity contribution < 1.29 is 9.53 Å². The van der Waals surface area contributed by atoms with Gasteiger partial charge in [-0.3, -0.25) is 4.79 Å². The average molecular weight is 364 g/mol. The van der Waals surface area contributed by atoms with Crippen LogP contribution >= 0.6 is 0 Å². The number of anilines is 2. The van der Waals surface area contributed by atoms with E-state index >= 15 is 0 Å². The van der Waals surface area contributed by atoms with Crippen molar-refractivity contribution in [3.63, 3.8) is 0 Å². The lowest BCUT2D eigenvalue weighted by Gasteiger charge is -2.28. The zero-order valence-electron chi connectivity index (χ0n) is 15.8. The Morgan fingerprint density at radius 2 is 1.56 bits per heavy atom. The van der Waals surface area contributed by atoms with E-state index in [4.69, 9.17) is 4.74 Å². The number of carbonyl (C=O) groups excluding carboxylic acids is 1. The van der Waals surface area contributed by atoms with Crippen LogP contribution in [0.2, 0.25) is 0 Å². The third-order valence-corrected chi connectivity index (χ3v) is 5.75. The van der Waals surface area contributed by atoms with E-state index in [-0.39, 0.29) is 5.91 Å². The Labute approximate surface area is 161 Å². The first-order chi connectivity index (χ1) is 13.3. The molecule has 2 aliphatic rings. The third kappa shape index (κ3) is 4.51. The monoisotopic (exact) mass is 364 g/mol. The predicted molar refractivity (Wildman–Crippen MR) is 110 cm³/mol. The van der Waals surface area contributed by atoms with Crippen LogP contribution in [0.15, 0.2) is 48.5 Å². The molecule has 4 nitrogen and oxygen atoms in total. The molecule has 1 N–H and O–H groups in total. The van der Waals surface area contributed by atoms with Gasteiger partial charge >= 0.3 is 0 Å². The molecule has 0 unspecified atom stereocenters. The molecular formula is C23H28N2O2. The fraction of sp³-hybridized carbons (Fsp3) is 0.435. The van der Waals surface area contributed by atoms with Gasteiger partial charge in [0.05, 0.1) is 13.2 Å². The lowest BCUT2D eigenvalue weighted by molar-refractivity contribution is 0.102. The Morgan fingerprint density at radius 3 is 2.22 bits per heavy atom. The SMILES string of the molecule is O=C(Nc1ccc(N2CCOCC2)cc1)c1ccc(C2CCCCC2)cc1. The molecule has 0 bridgehead atoms. The molecule has 2 fully saturated rings. The van der Waals surface area contributed by atoms with Crippen molar-refractivity contribution in [1.82, 2.24) is 0 Å². The van der Waals surface area contributed by atoms with Gasteiger partial charge in [-0.05, 0) is 60.7 Å². The summed E-state index contributed by atoms with van der Waals surface area (Å²) in [4.78, 5) is 14.9. The standard InChI is InChI=1S/C23H28N2O2/c26-23(20-8-6-19(7-9-20)18-4-2-1-3-5-18)24-21-10-12-22(13-11-21)25-14-16-27-17-15-25/h6-13,18H,1-5,14-17H2,(H,24,26). The maximum absolute atomic E-state index is 12.6. The highest BCUT2D eigenvalue weighted by Crippen LogP contribution is 2.32. The maximum Gasteiger partial charge on any atom is 0.255 e. The molecule has 0 radical (unpaired) electrons. The molecule has 4 rings (SSSR count). The normalized spacial score (nSPS) is 18.3. The summed E-state index contributed by atoms with van der Waals surface area (Å²) in [6.45, 7) is 3.38. The zero-order chi connectivity index (χ0) is 18.5. The topological polar surface area (TPSA) is 41.6 Å². The quantitative estimate of drug-likeness (QED) is 0.845. The number of ether oxygens (including phenoxy) is 1. The molecule has 1 aliphatic carbocycles. The second-order valence-electron chi connectivity index (χ2n) is 7.56. The first-order valence-electron chi connectivity index (χ1n) is 10.1. The van der Waals surface area contributed by atoms with Crippen LogP contribution in [0.25, 0.3) is 0 Å². The van der Waals surface area contributed by atoms with E-state index in [2.05, 4.69) is 34.5 Å². The van der Waals surface area contributed by atoms with Crippen LogP contribution in [-0.2, 0) is 4.74 Å². The first kappa shape index (κ1) is 18.1. The van der Waals surface area contributed by atoms with Gasteiger partial charge in [-0.15, -0.1) is 0 Å². The van der Waals surface area contributed by atoms with Gasteiger partial charge in [0.15, 0.2) is 0 Å². The maximum atomic E-state index is 12.6. The Morgan fingerprint density at radius 1 is 0.889 bits per heavy atom. The number of carbonyl (C=O) groups is 1. The summed E-state index contributed by atoms with van der Waals surface area (Å²) in [7, 11) is 0. The third-order valence-electron chi connectivity index (χ3n) is 5.75. The number of hydrogen-bond acceptors (Lipinski definition) is 3. The molecule has 0 atom stereocenters. The van der Waals surface area contributed by atoms with Crippen LogP contribution in [0, 0.1) is 0 Å². The Bertz CT molecular complexity index is 743. The molecule has 4 heteroatoms. The fourth-order valence-electron chi connectivity index (χ4n) is 4.12. The highest BCUT2D eigenvalue weighted by atomic mass is 16.5. The largest absolute Gasteiger partial charge is 0.378 e. The highest BCUT2D eigenvalue weighted by molar-refractivity contribution is 6.04. The van der Waals surface area contributed by atoms with Gasteiger partial charge in [0.25, 0.3) is 5.91 Å². The minimum absolute atomic E-state index is 0.0516. The van der Waals surface area contributed by atoms with Crippen LogP contribution < -0.4 is 10.2 Å². The molecule has 1 aliphatic heterocycles. The number of rotatable bonds is 4. The molecule has 1 heterocycles. The number of nitrogens with zero attached hydrogens (tertiary/aromatic N) is 1. The number of amides is 1. The summed E-state index contributed by atoms with van der Waals surface area (Å²) >= 11 is 0. The van der Waals surface area contributed by atoms with Crippen LogP contribution in [0.4, 0.5) is 11.4 Å². The molecule has 1 amide bonds. The molecule has 27 heavy (non-hydrogen) atoms. The summed E-state index contributed by atoms with van der Waals surface area (Å²) in [6, 6.07) is 16.2. The van der Waals surface area contributed by atoms with E-state index < -0.39 is 0 Å². The van der Waals surface area contributed by atoms with Crippen molar-refractivity contribution in [2.24, 2.45) is 0 Å². The first-order valence-corrected chi connectivity index (χ1v) is 10.1. The molecule has 0 aromatic heterocycles. The van der Waals surface area contributed by atoms with E-state index in [9.17, 15) is 4.79 Å². The van der Waals surface area contributed by atoms with Gasteiger partial charge in [-0.2, -0.15) is 0 Å². The number of morpholine rings is 1. The van der Waals surface area contributed by atoms with Gasteiger partial charge in [-0.25, -0.2) is 0 Å². The van der Waals surface area contributed by atoms with E-state index in [1.165, 1.54) is 43.4 Å². The smallest absolute Gasteiger partial charge is 0.255 e. The lowest BCUT2D eigenvalue weighted by atomic mass is 9.84. The van der Waals surface area contributed by atoms with Crippen LogP contribution in [0.3, 0.4) is 0 Å². The molecule has 2 aromatic rings. The summed E-state index contributed by atoms with van der Waals surface area (Å²) in [5.74, 6) is 0.618. The Kier molecular flexibility index (Phi) is 5.73. The van der Waals surface area contributed by atoms with Gasteiger partial charge in [0.2, 0.25) is 0 Å². The summed E-state index contributed by atoms with van der Waals surface area (Å²) in [5, 5.41) is 3.01. The van der Waals surface area contributed by atoms with Crippen molar-refractivity contribution in [3.05, 3.63) is 59.7 Å². The Balaban J connectivity index is 1.36. The summed E-state index contributed by atoms with van der Waals surface area (Å²) < 4.78 is 5.39. The average Bonchev–Trinajstić information content (AvgIpc) is 2.76. The lowest BCUT2D eigenvalue weighted by Crippen LogP contribution is -2.36. The minimum Gasteiger partial charge on any atom is -0.378 e. The van der Waals surface area contributed by atoms with E-state index in [0.29, 0.717) is 11.5 Å². The number of nitrogens with one attached hydrogen (secondary N) is 1. The van der Waals surface area contributed by atoms with E-state index in [0.717, 1.165) is 32.0 Å². The van der Waals surface area contributed by atoms with Gasteiger partial charge in [0.1, 0.15) is 0 Å². The molecule has 1 saturated heterocycles. The fourth-order valence-corrected chi connectivity index (χ4v) is 4.12. The van der Waals surface area contributed by atoms with Gasteiger partial charge in [-0.1, -0.05) is 31.4 Å². The number of hydrogen-bond donors (Lipinski definition) is 1. The van der Waals surface area contributed by atoms with Crippen molar-refractivity contribution in [2.45, 2.75) is 38.0 Å². The summed E-state index contributed by atoms with van der Waals surface area (Å²) in [5.41, 5.74) is 4.09. The van der Waals surface area contributed by atoms with Gasteiger partial charge < -0.3 is 15.0 Å². The zero-order valence-corrected chi connectivity index (χ0v) is 15.8. The molecule has 0 spiro atoms. The molecule has 1 saturated carbocycles. The second-order valence-corrected chi connectivity index (χ2v) is 7.56. The highest BCUT2D eigenvalue weighted by Gasteiger charge is 2.16.